The fourth-order valence-electron chi connectivity index (χ4n) is 1.88. The smallest absolute Gasteiger partial charge is 0.240 e. The molecule has 6 nitrogen and oxygen atoms in total. The number of carbonyl (C=O) groups is 1. The Morgan fingerprint density at radius 1 is 1.50 bits per heavy atom. The van der Waals surface area contributed by atoms with Crippen molar-refractivity contribution in [1.29, 1.82) is 5.26 Å². The van der Waals surface area contributed by atoms with Crippen LogP contribution in [0.2, 0.25) is 0 Å². The van der Waals surface area contributed by atoms with Gasteiger partial charge in [0, 0.05) is 34.0 Å². The Morgan fingerprint density at radius 3 is 2.67 bits per heavy atom. The molecule has 1 saturated heterocycles. The lowest BCUT2D eigenvalue weighted by molar-refractivity contribution is -0.133. The van der Waals surface area contributed by atoms with Crippen LogP contribution >= 0.6 is 0 Å². The Hall–Kier alpha value is -1.16. The lowest BCUT2D eigenvalue weighted by Gasteiger charge is -2.29. The van der Waals surface area contributed by atoms with E-state index >= 15 is 0 Å². The molecule has 0 saturated carbocycles. The quantitative estimate of drug-likeness (QED) is 0.728. The summed E-state index contributed by atoms with van der Waals surface area (Å²) in [5.41, 5.74) is -0.955. The van der Waals surface area contributed by atoms with Gasteiger partial charge in [0.05, 0.1) is 18.8 Å². The van der Waals surface area contributed by atoms with Crippen molar-refractivity contribution in [2.24, 2.45) is 5.41 Å². The zero-order chi connectivity index (χ0) is 13.4. The molecule has 0 radical (unpaired) electrons. The number of hydrogen-bond acceptors (Lipinski definition) is 5. The number of methoxy groups -OCH3 is 2. The summed E-state index contributed by atoms with van der Waals surface area (Å²) in [7, 11) is 3.13. The van der Waals surface area contributed by atoms with Crippen molar-refractivity contribution in [1.82, 2.24) is 5.32 Å². The van der Waals surface area contributed by atoms with Crippen molar-refractivity contribution in [2.75, 3.05) is 40.6 Å². The molecular weight excluding hydrogens is 236 g/mol. The minimum absolute atomic E-state index is 0.200. The summed E-state index contributed by atoms with van der Waals surface area (Å²) in [5, 5.41) is 12.0. The predicted octanol–water partition coefficient (Wildman–Crippen LogP) is 0.0844. The third-order valence-electron chi connectivity index (χ3n) is 3.17. The molecule has 0 spiro atoms. The second-order valence-corrected chi connectivity index (χ2v) is 4.33. The first kappa shape index (κ1) is 14.9. The van der Waals surface area contributed by atoms with Gasteiger partial charge < -0.3 is 19.5 Å². The first-order valence-electron chi connectivity index (χ1n) is 5.97. The van der Waals surface area contributed by atoms with Gasteiger partial charge in [0.15, 0.2) is 0 Å². The van der Waals surface area contributed by atoms with Crippen molar-refractivity contribution >= 4 is 5.91 Å². The molecule has 1 N–H and O–H groups in total. The monoisotopic (exact) mass is 256 g/mol. The van der Waals surface area contributed by atoms with Gasteiger partial charge in [-0.3, -0.25) is 4.79 Å². The normalized spacial score (nSPS) is 19.8. The zero-order valence-corrected chi connectivity index (χ0v) is 10.9. The number of hydrogen-bond donors (Lipinski definition) is 1. The molecule has 102 valence electrons. The van der Waals surface area contributed by atoms with Crippen LogP contribution in [-0.4, -0.2) is 52.6 Å². The summed E-state index contributed by atoms with van der Waals surface area (Å²) >= 11 is 0. The number of nitrogens with zero attached hydrogens (tertiary/aromatic N) is 1. The zero-order valence-electron chi connectivity index (χ0n) is 10.9. The fourth-order valence-corrected chi connectivity index (χ4v) is 1.88. The highest BCUT2D eigenvalue weighted by molar-refractivity contribution is 5.85. The Balaban J connectivity index is 2.50. The van der Waals surface area contributed by atoms with Crippen molar-refractivity contribution in [2.45, 2.75) is 18.9 Å². The van der Waals surface area contributed by atoms with Crippen molar-refractivity contribution < 1.29 is 19.0 Å². The van der Waals surface area contributed by atoms with Crippen molar-refractivity contribution in [3.63, 3.8) is 0 Å². The molecule has 0 aromatic rings. The van der Waals surface area contributed by atoms with E-state index in [-0.39, 0.29) is 12.0 Å². The largest absolute Gasteiger partial charge is 0.382 e. The molecule has 0 aromatic heterocycles. The summed E-state index contributed by atoms with van der Waals surface area (Å²) in [5.74, 6) is -0.244. The number of amides is 1. The van der Waals surface area contributed by atoms with Crippen molar-refractivity contribution in [3.8, 4) is 6.07 Å². The van der Waals surface area contributed by atoms with Gasteiger partial charge in [0.25, 0.3) is 0 Å². The van der Waals surface area contributed by atoms with Crippen LogP contribution in [0, 0.1) is 16.7 Å². The molecule has 1 amide bonds. The van der Waals surface area contributed by atoms with Crippen LogP contribution in [0.4, 0.5) is 0 Å². The van der Waals surface area contributed by atoms with Gasteiger partial charge in [0.1, 0.15) is 5.41 Å². The number of nitrogens with one attached hydrogen (secondary N) is 1. The number of nitriles is 1. The minimum Gasteiger partial charge on any atom is -0.382 e. The average molecular weight is 256 g/mol. The maximum absolute atomic E-state index is 12.1. The van der Waals surface area contributed by atoms with E-state index in [1.807, 2.05) is 0 Å². The van der Waals surface area contributed by atoms with E-state index in [4.69, 9.17) is 14.2 Å². The molecule has 1 heterocycles. The summed E-state index contributed by atoms with van der Waals surface area (Å²) < 4.78 is 15.3. The predicted molar refractivity (Wildman–Crippen MR) is 63.8 cm³/mol. The molecule has 1 aliphatic rings. The highest BCUT2D eigenvalue weighted by Crippen LogP contribution is 2.29. The van der Waals surface area contributed by atoms with E-state index in [2.05, 4.69) is 11.4 Å². The molecule has 1 rings (SSSR count). The third kappa shape index (κ3) is 3.67. The fraction of sp³-hybridized carbons (Fsp3) is 0.833. The van der Waals surface area contributed by atoms with Gasteiger partial charge in [-0.05, 0) is 12.8 Å². The number of carbonyl (C=O) groups excluding carboxylic acids is 1. The molecular formula is C12H20N2O4. The summed E-state index contributed by atoms with van der Waals surface area (Å²) in [6.07, 6.45) is 0.684. The van der Waals surface area contributed by atoms with E-state index in [9.17, 15) is 10.1 Å². The number of rotatable bonds is 6. The second-order valence-electron chi connectivity index (χ2n) is 4.33. The first-order chi connectivity index (χ1) is 8.68. The van der Waals surface area contributed by atoms with Crippen LogP contribution in [0.25, 0.3) is 0 Å². The minimum atomic E-state index is -0.955. The highest BCUT2D eigenvalue weighted by Gasteiger charge is 2.40. The van der Waals surface area contributed by atoms with Gasteiger partial charge in [-0.1, -0.05) is 0 Å². The Morgan fingerprint density at radius 2 is 2.17 bits per heavy atom. The van der Waals surface area contributed by atoms with E-state index in [1.165, 1.54) is 0 Å². The second kappa shape index (κ2) is 7.31. The average Bonchev–Trinajstić information content (AvgIpc) is 2.43. The van der Waals surface area contributed by atoms with Crippen LogP contribution in [0.15, 0.2) is 0 Å². The molecule has 1 aliphatic heterocycles. The van der Waals surface area contributed by atoms with Gasteiger partial charge in [-0.2, -0.15) is 5.26 Å². The standard InChI is InChI=1S/C12H20N2O4/c1-16-8-10(17-2)7-14-11(15)12(9-13)3-5-18-6-4-12/h10H,3-8H2,1-2H3,(H,14,15). The van der Waals surface area contributed by atoms with Crippen LogP contribution in [-0.2, 0) is 19.0 Å². The lowest BCUT2D eigenvalue weighted by atomic mass is 9.81. The maximum Gasteiger partial charge on any atom is 0.240 e. The molecule has 1 atom stereocenters. The molecule has 0 aromatic carbocycles. The molecule has 18 heavy (non-hydrogen) atoms. The van der Waals surface area contributed by atoms with Crippen LogP contribution in [0.3, 0.4) is 0 Å². The van der Waals surface area contributed by atoms with E-state index in [0.717, 1.165) is 0 Å². The van der Waals surface area contributed by atoms with Crippen LogP contribution in [0.5, 0.6) is 0 Å². The van der Waals surface area contributed by atoms with E-state index in [0.29, 0.717) is 39.2 Å². The van der Waals surface area contributed by atoms with Crippen molar-refractivity contribution in [3.05, 3.63) is 0 Å². The summed E-state index contributed by atoms with van der Waals surface area (Å²) in [4.78, 5) is 12.1. The summed E-state index contributed by atoms with van der Waals surface area (Å²) in [6, 6.07) is 2.13. The molecule has 0 aliphatic carbocycles. The van der Waals surface area contributed by atoms with Gasteiger partial charge >= 0.3 is 0 Å². The molecule has 0 bridgehead atoms. The van der Waals surface area contributed by atoms with Gasteiger partial charge in [-0.25, -0.2) is 0 Å². The van der Waals surface area contributed by atoms with Crippen LogP contribution in [0.1, 0.15) is 12.8 Å². The Kier molecular flexibility index (Phi) is 6.05. The molecule has 1 fully saturated rings. The maximum atomic E-state index is 12.1. The highest BCUT2D eigenvalue weighted by atomic mass is 16.5. The van der Waals surface area contributed by atoms with E-state index in [1.54, 1.807) is 14.2 Å². The van der Waals surface area contributed by atoms with E-state index < -0.39 is 5.41 Å². The summed E-state index contributed by atoms with van der Waals surface area (Å²) in [6.45, 7) is 1.65. The topological polar surface area (TPSA) is 80.6 Å². The van der Waals surface area contributed by atoms with Crippen LogP contribution < -0.4 is 5.32 Å². The molecule has 6 heteroatoms. The SMILES string of the molecule is COCC(CNC(=O)C1(C#N)CCOCC1)OC. The Bertz CT molecular complexity index is 308. The Labute approximate surface area is 107 Å². The first-order valence-corrected chi connectivity index (χ1v) is 5.97. The van der Waals surface area contributed by atoms with Gasteiger partial charge in [0.2, 0.25) is 5.91 Å². The number of ether oxygens (including phenoxy) is 3. The third-order valence-corrected chi connectivity index (χ3v) is 3.17. The van der Waals surface area contributed by atoms with Gasteiger partial charge in [-0.15, -0.1) is 0 Å². The lowest BCUT2D eigenvalue weighted by Crippen LogP contribution is -2.46. The molecule has 1 unspecified atom stereocenters.